The molecular formula is C13H27NO. The monoisotopic (exact) mass is 213 g/mol. The smallest absolute Gasteiger partial charge is 0.222 e. The van der Waals surface area contributed by atoms with Crippen LogP contribution < -0.4 is 5.32 Å². The fourth-order valence-corrected chi connectivity index (χ4v) is 1.83. The van der Waals surface area contributed by atoms with Crippen molar-refractivity contribution in [2.24, 2.45) is 11.8 Å². The van der Waals surface area contributed by atoms with E-state index in [-0.39, 0.29) is 11.8 Å². The molecular weight excluding hydrogens is 186 g/mol. The maximum Gasteiger partial charge on any atom is 0.222 e. The number of hydrogen-bond donors (Lipinski definition) is 1. The first kappa shape index (κ1) is 14.5. The minimum absolute atomic E-state index is 0.229. The molecule has 0 spiro atoms. The van der Waals surface area contributed by atoms with E-state index in [1.165, 1.54) is 25.7 Å². The molecule has 0 aromatic carbocycles. The van der Waals surface area contributed by atoms with E-state index >= 15 is 0 Å². The van der Waals surface area contributed by atoms with Gasteiger partial charge >= 0.3 is 0 Å². The largest absolute Gasteiger partial charge is 0.359 e. The topological polar surface area (TPSA) is 29.1 Å². The summed E-state index contributed by atoms with van der Waals surface area (Å²) in [5.41, 5.74) is 0. The van der Waals surface area contributed by atoms with Crippen molar-refractivity contribution in [2.75, 3.05) is 7.05 Å². The Morgan fingerprint density at radius 3 is 2.20 bits per heavy atom. The Hall–Kier alpha value is -0.530. The van der Waals surface area contributed by atoms with Crippen LogP contribution in [-0.2, 0) is 4.79 Å². The molecule has 2 heteroatoms. The molecule has 0 aromatic heterocycles. The molecule has 1 N–H and O–H groups in total. The number of amides is 1. The van der Waals surface area contributed by atoms with Gasteiger partial charge in [0, 0.05) is 13.0 Å². The summed E-state index contributed by atoms with van der Waals surface area (Å²) in [7, 11) is 1.74. The lowest BCUT2D eigenvalue weighted by Crippen LogP contribution is -2.27. The molecule has 2 nitrogen and oxygen atoms in total. The van der Waals surface area contributed by atoms with Crippen molar-refractivity contribution >= 4 is 5.91 Å². The van der Waals surface area contributed by atoms with Gasteiger partial charge in [-0.2, -0.15) is 0 Å². The molecule has 1 amide bonds. The van der Waals surface area contributed by atoms with Gasteiger partial charge in [-0.25, -0.2) is 0 Å². The maximum atomic E-state index is 11.6. The van der Waals surface area contributed by atoms with Gasteiger partial charge in [-0.3, -0.25) is 4.79 Å². The van der Waals surface area contributed by atoms with Gasteiger partial charge in [-0.1, -0.05) is 46.5 Å². The molecule has 0 heterocycles. The zero-order valence-electron chi connectivity index (χ0n) is 10.8. The molecule has 0 aromatic rings. The fourth-order valence-electron chi connectivity index (χ4n) is 1.83. The van der Waals surface area contributed by atoms with E-state index in [4.69, 9.17) is 0 Å². The van der Waals surface area contributed by atoms with Gasteiger partial charge in [0.15, 0.2) is 0 Å². The molecule has 0 radical (unpaired) electrons. The second kappa shape index (κ2) is 8.75. The first-order valence-corrected chi connectivity index (χ1v) is 6.33. The van der Waals surface area contributed by atoms with Crippen molar-refractivity contribution in [3.8, 4) is 0 Å². The first-order valence-electron chi connectivity index (χ1n) is 6.33. The van der Waals surface area contributed by atoms with Crippen molar-refractivity contribution in [3.05, 3.63) is 0 Å². The van der Waals surface area contributed by atoms with Crippen LogP contribution in [0.3, 0.4) is 0 Å². The summed E-state index contributed by atoms with van der Waals surface area (Å²) < 4.78 is 0. The van der Waals surface area contributed by atoms with Gasteiger partial charge in [-0.15, -0.1) is 0 Å². The number of rotatable bonds is 8. The molecule has 0 rings (SSSR count). The van der Waals surface area contributed by atoms with Gasteiger partial charge in [0.05, 0.1) is 0 Å². The molecule has 1 unspecified atom stereocenters. The van der Waals surface area contributed by atoms with E-state index in [1.807, 2.05) is 0 Å². The van der Waals surface area contributed by atoms with Gasteiger partial charge in [0.25, 0.3) is 0 Å². The fraction of sp³-hybridized carbons (Fsp3) is 0.923. The molecule has 0 saturated heterocycles. The molecule has 0 aliphatic rings. The third-order valence-electron chi connectivity index (χ3n) is 2.86. The van der Waals surface area contributed by atoms with E-state index in [2.05, 4.69) is 26.1 Å². The number of unbranched alkanes of at least 4 members (excludes halogenated alkanes) is 1. The van der Waals surface area contributed by atoms with Crippen molar-refractivity contribution in [3.63, 3.8) is 0 Å². The van der Waals surface area contributed by atoms with E-state index < -0.39 is 0 Å². The predicted molar refractivity (Wildman–Crippen MR) is 65.8 cm³/mol. The lowest BCUT2D eigenvalue weighted by molar-refractivity contribution is -0.125. The van der Waals surface area contributed by atoms with Crippen molar-refractivity contribution in [1.29, 1.82) is 0 Å². The lowest BCUT2D eigenvalue weighted by Gasteiger charge is -2.15. The highest BCUT2D eigenvalue weighted by atomic mass is 16.1. The van der Waals surface area contributed by atoms with Crippen LogP contribution in [0.25, 0.3) is 0 Å². The molecule has 0 bridgehead atoms. The summed E-state index contributed by atoms with van der Waals surface area (Å²) in [6, 6.07) is 0. The van der Waals surface area contributed by atoms with E-state index in [1.54, 1.807) is 7.05 Å². The standard InChI is InChI=1S/C13H27NO/c1-5-6-9-12(13(15)14-4)10-7-8-11(2)3/h11-12H,5-10H2,1-4H3,(H,14,15). The van der Waals surface area contributed by atoms with Crippen LogP contribution in [-0.4, -0.2) is 13.0 Å². The number of carbonyl (C=O) groups excluding carboxylic acids is 1. The van der Waals surface area contributed by atoms with Crippen LogP contribution in [0.15, 0.2) is 0 Å². The Morgan fingerprint density at radius 2 is 1.73 bits per heavy atom. The summed E-state index contributed by atoms with van der Waals surface area (Å²) in [6.07, 6.45) is 6.86. The number of hydrogen-bond acceptors (Lipinski definition) is 1. The summed E-state index contributed by atoms with van der Waals surface area (Å²) in [6.45, 7) is 6.65. The Morgan fingerprint density at radius 1 is 1.13 bits per heavy atom. The second-order valence-corrected chi connectivity index (χ2v) is 4.78. The zero-order chi connectivity index (χ0) is 11.7. The van der Waals surface area contributed by atoms with E-state index in [0.29, 0.717) is 0 Å². The molecule has 90 valence electrons. The summed E-state index contributed by atoms with van der Waals surface area (Å²) in [5, 5.41) is 2.77. The molecule has 0 aliphatic heterocycles. The molecule has 0 aliphatic carbocycles. The average molecular weight is 213 g/mol. The Balaban J connectivity index is 3.84. The third kappa shape index (κ3) is 7.40. The van der Waals surface area contributed by atoms with Crippen LogP contribution in [0.4, 0.5) is 0 Å². The second-order valence-electron chi connectivity index (χ2n) is 4.78. The normalized spacial score (nSPS) is 12.9. The summed E-state index contributed by atoms with van der Waals surface area (Å²) in [5.74, 6) is 1.22. The first-order chi connectivity index (χ1) is 7.11. The lowest BCUT2D eigenvalue weighted by atomic mass is 9.93. The minimum Gasteiger partial charge on any atom is -0.359 e. The SMILES string of the molecule is CCCCC(CCCC(C)C)C(=O)NC. The third-order valence-corrected chi connectivity index (χ3v) is 2.86. The van der Waals surface area contributed by atoms with E-state index in [0.717, 1.165) is 18.8 Å². The van der Waals surface area contributed by atoms with Gasteiger partial charge in [0.1, 0.15) is 0 Å². The van der Waals surface area contributed by atoms with E-state index in [9.17, 15) is 4.79 Å². The minimum atomic E-state index is 0.229. The van der Waals surface area contributed by atoms with Gasteiger partial charge in [-0.05, 0) is 18.8 Å². The Labute approximate surface area is 94.8 Å². The van der Waals surface area contributed by atoms with Crippen LogP contribution in [0, 0.1) is 11.8 Å². The maximum absolute atomic E-state index is 11.6. The highest BCUT2D eigenvalue weighted by Crippen LogP contribution is 2.18. The van der Waals surface area contributed by atoms with Crippen LogP contribution in [0.2, 0.25) is 0 Å². The van der Waals surface area contributed by atoms with Crippen LogP contribution in [0.5, 0.6) is 0 Å². The Bertz CT molecular complexity index is 166. The predicted octanol–water partition coefficient (Wildman–Crippen LogP) is 3.37. The zero-order valence-corrected chi connectivity index (χ0v) is 10.8. The number of nitrogens with one attached hydrogen (secondary N) is 1. The van der Waals surface area contributed by atoms with Gasteiger partial charge < -0.3 is 5.32 Å². The molecule has 0 fully saturated rings. The van der Waals surface area contributed by atoms with Gasteiger partial charge in [0.2, 0.25) is 5.91 Å². The van der Waals surface area contributed by atoms with Crippen molar-refractivity contribution in [1.82, 2.24) is 5.32 Å². The Kier molecular flexibility index (Phi) is 8.44. The average Bonchev–Trinajstić information content (AvgIpc) is 2.21. The molecule has 15 heavy (non-hydrogen) atoms. The quantitative estimate of drug-likeness (QED) is 0.658. The van der Waals surface area contributed by atoms with Crippen molar-refractivity contribution < 1.29 is 4.79 Å². The van der Waals surface area contributed by atoms with Crippen molar-refractivity contribution in [2.45, 2.75) is 59.3 Å². The molecule has 0 saturated carbocycles. The highest BCUT2D eigenvalue weighted by Gasteiger charge is 2.15. The highest BCUT2D eigenvalue weighted by molar-refractivity contribution is 5.78. The number of carbonyl (C=O) groups is 1. The summed E-state index contributed by atoms with van der Waals surface area (Å²) in [4.78, 5) is 11.6. The van der Waals surface area contributed by atoms with Crippen LogP contribution in [0.1, 0.15) is 59.3 Å². The molecule has 1 atom stereocenters. The summed E-state index contributed by atoms with van der Waals surface area (Å²) >= 11 is 0. The van der Waals surface area contributed by atoms with Crippen LogP contribution >= 0.6 is 0 Å².